The van der Waals surface area contributed by atoms with Crippen molar-refractivity contribution in [3.8, 4) is 23.0 Å². The molecular weight excluding hydrogens is 328 g/mol. The van der Waals surface area contributed by atoms with E-state index >= 15 is 0 Å². The Bertz CT molecular complexity index is 892. The SMILES string of the molecule is CNC(=O)c1cc(-n2ccnc2-c2ccnc(OC)c2)ccc1Cl. The van der Waals surface area contributed by atoms with E-state index in [0.717, 1.165) is 11.3 Å². The molecule has 1 amide bonds. The number of methoxy groups -OCH3 is 1. The Labute approximate surface area is 144 Å². The normalized spacial score (nSPS) is 10.5. The summed E-state index contributed by atoms with van der Waals surface area (Å²) in [5, 5.41) is 2.98. The number of hydrogen-bond acceptors (Lipinski definition) is 4. The van der Waals surface area contributed by atoms with E-state index in [1.165, 1.54) is 0 Å². The number of aromatic nitrogens is 3. The Morgan fingerprint density at radius 3 is 2.79 bits per heavy atom. The third kappa shape index (κ3) is 2.96. The summed E-state index contributed by atoms with van der Waals surface area (Å²) in [6, 6.07) is 8.90. The zero-order chi connectivity index (χ0) is 17.1. The fourth-order valence-electron chi connectivity index (χ4n) is 2.36. The smallest absolute Gasteiger partial charge is 0.252 e. The molecule has 122 valence electrons. The molecule has 0 atom stereocenters. The molecule has 1 aromatic carbocycles. The predicted molar refractivity (Wildman–Crippen MR) is 91.7 cm³/mol. The third-order valence-corrected chi connectivity index (χ3v) is 3.87. The van der Waals surface area contributed by atoms with Gasteiger partial charge in [-0.05, 0) is 24.3 Å². The summed E-state index contributed by atoms with van der Waals surface area (Å²) in [4.78, 5) is 20.5. The maximum Gasteiger partial charge on any atom is 0.252 e. The summed E-state index contributed by atoms with van der Waals surface area (Å²) in [5.74, 6) is 0.971. The topological polar surface area (TPSA) is 69.0 Å². The number of nitrogens with zero attached hydrogens (tertiary/aromatic N) is 3. The number of amides is 1. The average Bonchev–Trinajstić information content (AvgIpc) is 3.11. The molecule has 2 aromatic heterocycles. The van der Waals surface area contributed by atoms with Crippen LogP contribution in [0, 0.1) is 0 Å². The summed E-state index contributed by atoms with van der Waals surface area (Å²) < 4.78 is 7.03. The van der Waals surface area contributed by atoms with E-state index in [1.807, 2.05) is 22.9 Å². The highest BCUT2D eigenvalue weighted by Gasteiger charge is 2.13. The summed E-state index contributed by atoms with van der Waals surface area (Å²) in [6.07, 6.45) is 5.17. The average molecular weight is 343 g/mol. The van der Waals surface area contributed by atoms with Gasteiger partial charge in [0.1, 0.15) is 5.82 Å². The van der Waals surface area contributed by atoms with Crippen molar-refractivity contribution >= 4 is 17.5 Å². The van der Waals surface area contributed by atoms with E-state index in [1.54, 1.807) is 44.8 Å². The van der Waals surface area contributed by atoms with Crippen molar-refractivity contribution in [1.82, 2.24) is 19.9 Å². The summed E-state index contributed by atoms with van der Waals surface area (Å²) in [6.45, 7) is 0. The summed E-state index contributed by atoms with van der Waals surface area (Å²) >= 11 is 6.12. The molecule has 0 aliphatic carbocycles. The second-order valence-corrected chi connectivity index (χ2v) is 5.36. The molecule has 0 aliphatic rings. The number of carbonyl (C=O) groups is 1. The van der Waals surface area contributed by atoms with Crippen molar-refractivity contribution in [2.75, 3.05) is 14.2 Å². The highest BCUT2D eigenvalue weighted by Crippen LogP contribution is 2.26. The van der Waals surface area contributed by atoms with Gasteiger partial charge in [0.25, 0.3) is 5.91 Å². The Balaban J connectivity index is 2.09. The van der Waals surface area contributed by atoms with E-state index in [-0.39, 0.29) is 5.91 Å². The minimum Gasteiger partial charge on any atom is -0.481 e. The van der Waals surface area contributed by atoms with Crippen LogP contribution in [0.4, 0.5) is 0 Å². The Kier molecular flexibility index (Phi) is 4.48. The lowest BCUT2D eigenvalue weighted by molar-refractivity contribution is 0.0963. The number of hydrogen-bond donors (Lipinski definition) is 1. The van der Waals surface area contributed by atoms with Gasteiger partial charge in [-0.25, -0.2) is 9.97 Å². The first kappa shape index (κ1) is 16.0. The number of pyridine rings is 1. The number of carbonyl (C=O) groups excluding carboxylic acids is 1. The minimum absolute atomic E-state index is 0.242. The molecular formula is C17H15ClN4O2. The van der Waals surface area contributed by atoms with Gasteiger partial charge in [0.05, 0.1) is 17.7 Å². The van der Waals surface area contributed by atoms with Gasteiger partial charge >= 0.3 is 0 Å². The van der Waals surface area contributed by atoms with Crippen molar-refractivity contribution in [3.05, 3.63) is 59.5 Å². The first-order valence-corrected chi connectivity index (χ1v) is 7.57. The van der Waals surface area contributed by atoms with E-state index in [0.29, 0.717) is 22.3 Å². The highest BCUT2D eigenvalue weighted by molar-refractivity contribution is 6.33. The van der Waals surface area contributed by atoms with Crippen LogP contribution >= 0.6 is 11.6 Å². The molecule has 0 bridgehead atoms. The van der Waals surface area contributed by atoms with Gasteiger partial charge in [-0.2, -0.15) is 0 Å². The maximum atomic E-state index is 11.9. The van der Waals surface area contributed by atoms with Gasteiger partial charge in [-0.1, -0.05) is 11.6 Å². The monoisotopic (exact) mass is 342 g/mol. The number of ether oxygens (including phenoxy) is 1. The van der Waals surface area contributed by atoms with E-state index in [2.05, 4.69) is 15.3 Å². The van der Waals surface area contributed by atoms with Crippen LogP contribution in [0.15, 0.2) is 48.9 Å². The summed E-state index contributed by atoms with van der Waals surface area (Å²) in [5.41, 5.74) is 2.04. The van der Waals surface area contributed by atoms with Crippen LogP contribution in [-0.4, -0.2) is 34.6 Å². The van der Waals surface area contributed by atoms with Crippen molar-refractivity contribution < 1.29 is 9.53 Å². The lowest BCUT2D eigenvalue weighted by Crippen LogP contribution is -2.18. The van der Waals surface area contributed by atoms with Gasteiger partial charge in [-0.15, -0.1) is 0 Å². The van der Waals surface area contributed by atoms with Gasteiger partial charge < -0.3 is 10.1 Å². The Hall–Kier alpha value is -2.86. The second kappa shape index (κ2) is 6.72. The molecule has 0 saturated heterocycles. The quantitative estimate of drug-likeness (QED) is 0.791. The highest BCUT2D eigenvalue weighted by atomic mass is 35.5. The number of imidazole rings is 1. The fraction of sp³-hybridized carbons (Fsp3) is 0.118. The zero-order valence-corrected chi connectivity index (χ0v) is 13.9. The first-order chi connectivity index (χ1) is 11.6. The lowest BCUT2D eigenvalue weighted by atomic mass is 10.1. The molecule has 24 heavy (non-hydrogen) atoms. The van der Waals surface area contributed by atoms with Crippen molar-refractivity contribution in [3.63, 3.8) is 0 Å². The maximum absolute atomic E-state index is 11.9. The largest absolute Gasteiger partial charge is 0.481 e. The summed E-state index contributed by atoms with van der Waals surface area (Å²) in [7, 11) is 3.13. The van der Waals surface area contributed by atoms with Crippen LogP contribution in [0.25, 0.3) is 17.1 Å². The second-order valence-electron chi connectivity index (χ2n) is 4.95. The van der Waals surface area contributed by atoms with Gasteiger partial charge in [-0.3, -0.25) is 9.36 Å². The fourth-order valence-corrected chi connectivity index (χ4v) is 2.56. The van der Waals surface area contributed by atoms with Gasteiger partial charge in [0, 0.05) is 43.0 Å². The lowest BCUT2D eigenvalue weighted by Gasteiger charge is -2.11. The number of benzene rings is 1. The van der Waals surface area contributed by atoms with Crippen LogP contribution in [-0.2, 0) is 0 Å². The van der Waals surface area contributed by atoms with Crippen molar-refractivity contribution in [2.45, 2.75) is 0 Å². The molecule has 0 unspecified atom stereocenters. The van der Waals surface area contributed by atoms with Crippen LogP contribution in [0.3, 0.4) is 0 Å². The molecule has 2 heterocycles. The van der Waals surface area contributed by atoms with Crippen LogP contribution < -0.4 is 10.1 Å². The van der Waals surface area contributed by atoms with E-state index in [9.17, 15) is 4.79 Å². The van der Waals surface area contributed by atoms with Gasteiger partial charge in [0.15, 0.2) is 0 Å². The molecule has 3 rings (SSSR count). The molecule has 1 N–H and O–H groups in total. The number of halogens is 1. The van der Waals surface area contributed by atoms with Crippen LogP contribution in [0.2, 0.25) is 5.02 Å². The first-order valence-electron chi connectivity index (χ1n) is 7.20. The van der Waals surface area contributed by atoms with Crippen molar-refractivity contribution in [1.29, 1.82) is 0 Å². The molecule has 3 aromatic rings. The molecule has 0 fully saturated rings. The van der Waals surface area contributed by atoms with E-state index < -0.39 is 0 Å². The molecule has 7 heteroatoms. The Morgan fingerprint density at radius 1 is 1.21 bits per heavy atom. The number of rotatable bonds is 4. The Morgan fingerprint density at radius 2 is 2.04 bits per heavy atom. The minimum atomic E-state index is -0.242. The molecule has 0 aliphatic heterocycles. The molecule has 0 saturated carbocycles. The van der Waals surface area contributed by atoms with E-state index in [4.69, 9.17) is 16.3 Å². The third-order valence-electron chi connectivity index (χ3n) is 3.54. The zero-order valence-electron chi connectivity index (χ0n) is 13.2. The van der Waals surface area contributed by atoms with Crippen molar-refractivity contribution in [2.24, 2.45) is 0 Å². The number of nitrogens with one attached hydrogen (secondary N) is 1. The standard InChI is InChI=1S/C17H15ClN4O2/c1-19-17(23)13-10-12(3-4-14(13)18)22-8-7-21-16(22)11-5-6-20-15(9-11)24-2/h3-10H,1-2H3,(H,19,23). The molecule has 0 radical (unpaired) electrons. The van der Waals surface area contributed by atoms with Crippen LogP contribution in [0.5, 0.6) is 5.88 Å². The molecule has 0 spiro atoms. The van der Waals surface area contributed by atoms with Gasteiger partial charge in [0.2, 0.25) is 5.88 Å². The molecule has 6 nitrogen and oxygen atoms in total. The van der Waals surface area contributed by atoms with Crippen LogP contribution in [0.1, 0.15) is 10.4 Å². The predicted octanol–water partition coefficient (Wildman–Crippen LogP) is 2.96.